The van der Waals surface area contributed by atoms with E-state index in [1.54, 1.807) is 50.5 Å². The molecule has 1 nitrogen and oxygen atoms in total. The molecule has 8 atom stereocenters. The van der Waals surface area contributed by atoms with Crippen LogP contribution in [0.3, 0.4) is 0 Å². The van der Waals surface area contributed by atoms with E-state index in [9.17, 15) is 0 Å². The van der Waals surface area contributed by atoms with Crippen LogP contribution in [0.25, 0.3) is 33.1 Å². The molecule has 43 heavy (non-hydrogen) atoms. The normalized spacial score (nSPS) is 40.0. The van der Waals surface area contributed by atoms with E-state index in [1.807, 2.05) is 0 Å². The zero-order chi connectivity index (χ0) is 28.1. The maximum absolute atomic E-state index is 6.16. The van der Waals surface area contributed by atoms with Crippen molar-refractivity contribution in [3.05, 3.63) is 72.3 Å². The quantitative estimate of drug-likeness (QED) is 0.234. The van der Waals surface area contributed by atoms with Gasteiger partial charge in [0.05, 0.1) is 0 Å². The maximum Gasteiger partial charge on any atom is 0.135 e. The lowest BCUT2D eigenvalue weighted by molar-refractivity contribution is -0.189. The Morgan fingerprint density at radius 1 is 0.442 bits per heavy atom. The van der Waals surface area contributed by atoms with E-state index < -0.39 is 0 Å². The summed E-state index contributed by atoms with van der Waals surface area (Å²) in [6, 6.07) is 25.2. The van der Waals surface area contributed by atoms with E-state index in [2.05, 4.69) is 66.7 Å². The monoisotopic (exact) mass is 568 g/mol. The van der Waals surface area contributed by atoms with Crippen molar-refractivity contribution in [1.82, 2.24) is 0 Å². The van der Waals surface area contributed by atoms with Crippen LogP contribution < -0.4 is 0 Å². The Kier molecular flexibility index (Phi) is 5.98. The smallest absolute Gasteiger partial charge is 0.135 e. The van der Waals surface area contributed by atoms with Crippen LogP contribution in [0.1, 0.15) is 95.0 Å². The highest BCUT2D eigenvalue weighted by Gasteiger charge is 2.62. The Labute approximate surface area is 257 Å². The molecular weight excluding hydrogens is 520 g/mol. The van der Waals surface area contributed by atoms with Gasteiger partial charge in [0.25, 0.3) is 0 Å². The fraction of sp³-hybridized carbons (Fsp3) is 0.571. The summed E-state index contributed by atoms with van der Waals surface area (Å²) in [5.74, 6) is 11.2. The van der Waals surface area contributed by atoms with Crippen molar-refractivity contribution in [3.8, 4) is 11.1 Å². The summed E-state index contributed by atoms with van der Waals surface area (Å²) >= 11 is 0. The molecule has 0 bridgehead atoms. The van der Waals surface area contributed by atoms with Crippen LogP contribution in [0.15, 0.2) is 71.1 Å². The molecule has 1 heterocycles. The summed E-state index contributed by atoms with van der Waals surface area (Å²) in [5, 5.41) is 2.47. The second-order valence-electron chi connectivity index (χ2n) is 16.1. The molecular formula is C42H48O. The zero-order valence-corrected chi connectivity index (χ0v) is 25.8. The molecule has 10 rings (SSSR count). The van der Waals surface area contributed by atoms with Gasteiger partial charge in [-0.05, 0) is 151 Å². The van der Waals surface area contributed by atoms with Crippen molar-refractivity contribution < 1.29 is 4.42 Å². The van der Waals surface area contributed by atoms with E-state index in [1.165, 1.54) is 60.4 Å². The minimum Gasteiger partial charge on any atom is -0.456 e. The Morgan fingerprint density at radius 3 is 1.74 bits per heavy atom. The SMILES string of the molecule is c1cc(-c2ccc3oc4ccccc4c3c2)cc(C2CC3C4CCCCC4C4CCCC5C6CCCCC6C(C2)C3C45)c1. The number of para-hydroxylation sites is 1. The first-order valence-electron chi connectivity index (χ1n) is 18.3. The molecule has 1 heteroatoms. The average molecular weight is 569 g/mol. The highest BCUT2D eigenvalue weighted by atomic mass is 16.3. The molecule has 6 aliphatic rings. The van der Waals surface area contributed by atoms with Crippen LogP contribution in [0.2, 0.25) is 0 Å². The molecule has 0 amide bonds. The van der Waals surface area contributed by atoms with Gasteiger partial charge in [-0.2, -0.15) is 0 Å². The van der Waals surface area contributed by atoms with Crippen LogP contribution in [-0.2, 0) is 0 Å². The Hall–Kier alpha value is -2.54. The zero-order valence-electron chi connectivity index (χ0n) is 25.8. The highest BCUT2D eigenvalue weighted by molar-refractivity contribution is 6.06. The number of hydrogen-bond acceptors (Lipinski definition) is 1. The van der Waals surface area contributed by atoms with Gasteiger partial charge in [0, 0.05) is 10.8 Å². The maximum atomic E-state index is 6.16. The van der Waals surface area contributed by atoms with Crippen molar-refractivity contribution in [1.29, 1.82) is 0 Å². The molecule has 6 fully saturated rings. The van der Waals surface area contributed by atoms with Gasteiger partial charge >= 0.3 is 0 Å². The second kappa shape index (κ2) is 9.98. The molecule has 222 valence electrons. The lowest BCUT2D eigenvalue weighted by Gasteiger charge is -2.68. The van der Waals surface area contributed by atoms with Crippen LogP contribution in [0.5, 0.6) is 0 Å². The van der Waals surface area contributed by atoms with Crippen LogP contribution >= 0.6 is 0 Å². The molecule has 8 unspecified atom stereocenters. The van der Waals surface area contributed by atoms with Gasteiger partial charge in [0.15, 0.2) is 0 Å². The topological polar surface area (TPSA) is 13.1 Å². The summed E-state index contributed by atoms with van der Waals surface area (Å²) < 4.78 is 6.16. The molecule has 1 aromatic heterocycles. The van der Waals surface area contributed by atoms with Crippen molar-refractivity contribution in [2.24, 2.45) is 59.2 Å². The van der Waals surface area contributed by atoms with Gasteiger partial charge in [0.2, 0.25) is 0 Å². The Balaban J connectivity index is 1.04. The van der Waals surface area contributed by atoms with E-state index in [-0.39, 0.29) is 0 Å². The molecule has 0 aliphatic heterocycles. The standard InChI is InChI=1S/C42H48O/c1-3-13-31-29(11-1)34-16-8-17-35-30-12-2-4-14-32(30)38-24-28(23-37(31)42(38)41(34)35)26-10-7-9-25(21-26)27-19-20-40-36(22-27)33-15-5-6-18-39(33)43-40/h5-7,9-10,15,18-22,28-32,34-35,37-38,41-42H,1-4,8,11-14,16-17,23-24H2. The predicted molar refractivity (Wildman–Crippen MR) is 177 cm³/mol. The van der Waals surface area contributed by atoms with Gasteiger partial charge in [0.1, 0.15) is 11.2 Å². The van der Waals surface area contributed by atoms with Crippen molar-refractivity contribution in [2.45, 2.75) is 89.4 Å². The molecule has 3 aromatic carbocycles. The van der Waals surface area contributed by atoms with E-state index >= 15 is 0 Å². The van der Waals surface area contributed by atoms with Gasteiger partial charge in [-0.25, -0.2) is 0 Å². The summed E-state index contributed by atoms with van der Waals surface area (Å²) in [4.78, 5) is 0. The first kappa shape index (κ1) is 25.8. The lowest BCUT2D eigenvalue weighted by Crippen LogP contribution is -2.61. The first-order chi connectivity index (χ1) is 21.3. The minimum atomic E-state index is 0.742. The first-order valence-corrected chi connectivity index (χ1v) is 18.3. The van der Waals surface area contributed by atoms with Gasteiger partial charge in [-0.15, -0.1) is 0 Å². The molecule has 0 N–H and O–H groups in total. The number of benzene rings is 3. The fourth-order valence-electron chi connectivity index (χ4n) is 13.4. The summed E-state index contributed by atoms with van der Waals surface area (Å²) in [6.45, 7) is 0. The number of hydrogen-bond donors (Lipinski definition) is 0. The third kappa shape index (κ3) is 3.88. The average Bonchev–Trinajstić information content (AvgIpc) is 3.46. The summed E-state index contributed by atoms with van der Waals surface area (Å²) in [7, 11) is 0. The largest absolute Gasteiger partial charge is 0.456 e. The molecule has 0 radical (unpaired) electrons. The summed E-state index contributed by atoms with van der Waals surface area (Å²) in [5.41, 5.74) is 6.35. The van der Waals surface area contributed by atoms with Crippen molar-refractivity contribution in [2.75, 3.05) is 0 Å². The van der Waals surface area contributed by atoms with Crippen molar-refractivity contribution in [3.63, 3.8) is 0 Å². The molecule has 0 saturated heterocycles. The minimum absolute atomic E-state index is 0.742. The Morgan fingerprint density at radius 2 is 1.02 bits per heavy atom. The molecule has 0 spiro atoms. The van der Waals surface area contributed by atoms with Gasteiger partial charge in [-0.1, -0.05) is 80.6 Å². The highest BCUT2D eigenvalue weighted by Crippen LogP contribution is 2.70. The number of rotatable bonds is 2. The molecule has 6 saturated carbocycles. The van der Waals surface area contributed by atoms with E-state index in [0.717, 1.165) is 76.3 Å². The third-order valence-corrected chi connectivity index (χ3v) is 14.6. The lowest BCUT2D eigenvalue weighted by atomic mass is 9.37. The second-order valence-corrected chi connectivity index (χ2v) is 16.1. The Bertz CT molecular complexity index is 1620. The molecule has 6 aliphatic carbocycles. The number of furan rings is 1. The number of fused-ring (bicyclic) bond motifs is 9. The van der Waals surface area contributed by atoms with E-state index in [4.69, 9.17) is 4.42 Å². The molecule has 4 aromatic rings. The van der Waals surface area contributed by atoms with Gasteiger partial charge in [-0.3, -0.25) is 0 Å². The fourth-order valence-corrected chi connectivity index (χ4v) is 13.4. The summed E-state index contributed by atoms with van der Waals surface area (Å²) in [6.07, 6.45) is 19.9. The van der Waals surface area contributed by atoms with Crippen LogP contribution in [0.4, 0.5) is 0 Å². The van der Waals surface area contributed by atoms with Gasteiger partial charge < -0.3 is 4.42 Å². The van der Waals surface area contributed by atoms with Crippen LogP contribution in [0, 0.1) is 59.2 Å². The van der Waals surface area contributed by atoms with E-state index in [0.29, 0.717) is 0 Å². The third-order valence-electron chi connectivity index (χ3n) is 14.6. The predicted octanol–water partition coefficient (Wildman–Crippen LogP) is 11.7. The van der Waals surface area contributed by atoms with Crippen molar-refractivity contribution >= 4 is 21.9 Å². The van der Waals surface area contributed by atoms with Crippen LogP contribution in [-0.4, -0.2) is 0 Å².